The van der Waals surface area contributed by atoms with Crippen molar-refractivity contribution in [1.82, 2.24) is 15.0 Å². The van der Waals surface area contributed by atoms with Gasteiger partial charge < -0.3 is 28.5 Å². The van der Waals surface area contributed by atoms with Crippen LogP contribution in [0.4, 0.5) is 30.3 Å². The second kappa shape index (κ2) is 11.8. The highest BCUT2D eigenvalue weighted by molar-refractivity contribution is 5.91. The number of halogens is 1. The zero-order chi connectivity index (χ0) is 34.6. The molecule has 48 heavy (non-hydrogen) atoms. The fraction of sp³-hybridized carbons (Fsp3) is 0.471. The summed E-state index contributed by atoms with van der Waals surface area (Å²) >= 11 is 0. The van der Waals surface area contributed by atoms with Gasteiger partial charge in [-0.05, 0) is 65.8 Å². The van der Waals surface area contributed by atoms with Gasteiger partial charge in [0, 0.05) is 36.5 Å². The summed E-state index contributed by atoms with van der Waals surface area (Å²) in [6.45, 7) is 19.4. The third-order valence-corrected chi connectivity index (χ3v) is 8.50. The first kappa shape index (κ1) is 32.7. The van der Waals surface area contributed by atoms with Crippen LogP contribution >= 0.6 is 0 Å². The van der Waals surface area contributed by atoms with Crippen LogP contribution in [0.5, 0.6) is 0 Å². The van der Waals surface area contributed by atoms with Crippen LogP contribution < -0.4 is 9.80 Å². The summed E-state index contributed by atoms with van der Waals surface area (Å²) in [5.74, 6) is -0.475. The molecule has 3 aliphatic rings. The molecular weight excluding hydrogens is 623 g/mol. The van der Waals surface area contributed by atoms with Gasteiger partial charge in [-0.25, -0.2) is 25.3 Å². The molecule has 6 rings (SSSR count). The van der Waals surface area contributed by atoms with Gasteiger partial charge >= 0.3 is 18.3 Å². The number of benzene rings is 1. The first-order valence-electron chi connectivity index (χ1n) is 15.6. The number of piperidine rings is 1. The summed E-state index contributed by atoms with van der Waals surface area (Å²) in [6.07, 6.45) is 0.337. The van der Waals surface area contributed by atoms with E-state index in [2.05, 4.69) is 15.0 Å². The molecule has 0 bridgehead atoms. The number of likely N-dealkylation sites (tertiary alicyclic amines) is 1. The fourth-order valence-corrected chi connectivity index (χ4v) is 6.33. The molecule has 4 heterocycles. The summed E-state index contributed by atoms with van der Waals surface area (Å²) < 4.78 is 36.9. The number of aromatic nitrogens is 2. The molecular formula is C34H37FN6O7. The molecule has 14 heteroatoms. The maximum absolute atomic E-state index is 15.5. The molecule has 2 saturated heterocycles. The van der Waals surface area contributed by atoms with Crippen molar-refractivity contribution in [2.75, 3.05) is 36.0 Å². The number of amides is 3. The van der Waals surface area contributed by atoms with Crippen molar-refractivity contribution >= 4 is 29.8 Å². The number of nitrogens with zero attached hydrogens (tertiary/aromatic N) is 6. The highest BCUT2D eigenvalue weighted by Gasteiger charge is 2.78. The number of pyridine rings is 1. The molecule has 3 fully saturated rings. The van der Waals surface area contributed by atoms with Crippen LogP contribution in [0.25, 0.3) is 16.0 Å². The van der Waals surface area contributed by atoms with Gasteiger partial charge in [-0.3, -0.25) is 14.8 Å². The average molecular weight is 661 g/mol. The standard InChI is InChI=1S/C34H37FN6O7/c1-32(2,3)47-29(42)39-18-24-25(19-39)34(24,36-7)27-11-8-20(15-37-27)23-10-9-21(14-26(23)35)40-16-22(46-30(40)43)17-41(28-12-13-45-38-28)31(44)48-33(4,5)6/h8-15,22,24-25H,16-19H2,1-6H3/t22-,24-,25+,34?/m1/s1. The summed E-state index contributed by atoms with van der Waals surface area (Å²) in [7, 11) is 0. The van der Waals surface area contributed by atoms with Crippen molar-refractivity contribution in [2.45, 2.75) is 64.4 Å². The lowest BCUT2D eigenvalue weighted by Gasteiger charge is -2.26. The van der Waals surface area contributed by atoms with Crippen LogP contribution in [0.1, 0.15) is 47.2 Å². The Hall–Kier alpha value is -5.19. The van der Waals surface area contributed by atoms with E-state index in [0.29, 0.717) is 24.3 Å². The minimum Gasteiger partial charge on any atom is -0.444 e. The van der Waals surface area contributed by atoms with Crippen LogP contribution in [0.15, 0.2) is 53.4 Å². The molecule has 0 N–H and O–H groups in total. The van der Waals surface area contributed by atoms with E-state index in [4.69, 9.17) is 25.3 Å². The minimum absolute atomic E-state index is 0.0481. The molecule has 4 atom stereocenters. The van der Waals surface area contributed by atoms with Crippen molar-refractivity contribution in [3.63, 3.8) is 0 Å². The maximum atomic E-state index is 15.5. The van der Waals surface area contributed by atoms with Gasteiger partial charge in [0.15, 0.2) is 5.82 Å². The van der Waals surface area contributed by atoms with E-state index in [1.807, 2.05) is 20.8 Å². The van der Waals surface area contributed by atoms with Crippen molar-refractivity contribution in [3.05, 3.63) is 71.8 Å². The van der Waals surface area contributed by atoms with Crippen molar-refractivity contribution in [3.8, 4) is 11.1 Å². The van der Waals surface area contributed by atoms with Gasteiger partial charge in [-0.1, -0.05) is 11.2 Å². The second-order valence-electron chi connectivity index (χ2n) is 14.2. The highest BCUT2D eigenvalue weighted by atomic mass is 19.1. The van der Waals surface area contributed by atoms with Crippen molar-refractivity contribution in [1.29, 1.82) is 0 Å². The normalized spacial score (nSPS) is 23.3. The van der Waals surface area contributed by atoms with Crippen LogP contribution in [-0.4, -0.2) is 76.8 Å². The van der Waals surface area contributed by atoms with E-state index in [0.717, 1.165) is 0 Å². The van der Waals surface area contributed by atoms with Gasteiger partial charge in [0.05, 0.1) is 30.6 Å². The van der Waals surface area contributed by atoms with Crippen LogP contribution in [-0.2, 0) is 19.7 Å². The van der Waals surface area contributed by atoms with E-state index < -0.39 is 40.8 Å². The maximum Gasteiger partial charge on any atom is 0.416 e. The van der Waals surface area contributed by atoms with E-state index in [1.54, 1.807) is 49.9 Å². The summed E-state index contributed by atoms with van der Waals surface area (Å²) in [6, 6.07) is 9.36. The minimum atomic E-state index is -0.821. The number of fused-ring (bicyclic) bond motifs is 1. The summed E-state index contributed by atoms with van der Waals surface area (Å²) in [5, 5.41) is 3.83. The van der Waals surface area contributed by atoms with Gasteiger partial charge in [0.1, 0.15) is 35.1 Å². The zero-order valence-corrected chi connectivity index (χ0v) is 27.6. The number of hydrogen-bond acceptors (Lipinski definition) is 9. The first-order chi connectivity index (χ1) is 22.6. The Morgan fingerprint density at radius 1 is 1.06 bits per heavy atom. The molecule has 1 aromatic carbocycles. The topological polar surface area (TPSA) is 132 Å². The third kappa shape index (κ3) is 6.24. The van der Waals surface area contributed by atoms with Crippen LogP contribution in [0, 0.1) is 24.2 Å². The Balaban J connectivity index is 1.12. The summed E-state index contributed by atoms with van der Waals surface area (Å²) in [5.41, 5.74) is -0.540. The molecule has 252 valence electrons. The number of cyclic esters (lactones) is 1. The lowest BCUT2D eigenvalue weighted by molar-refractivity contribution is 0.0264. The Kier molecular flexibility index (Phi) is 8.05. The Labute approximate surface area is 277 Å². The van der Waals surface area contributed by atoms with Crippen LogP contribution in [0.3, 0.4) is 0 Å². The second-order valence-corrected chi connectivity index (χ2v) is 14.2. The van der Waals surface area contributed by atoms with Gasteiger partial charge in [-0.2, -0.15) is 0 Å². The van der Waals surface area contributed by atoms with Gasteiger partial charge in [0.25, 0.3) is 5.54 Å². The smallest absolute Gasteiger partial charge is 0.416 e. The number of anilines is 2. The SMILES string of the molecule is [C-]#[N+]C1(c2ccc(-c3ccc(N4C[C@H](CN(C(=O)OC(C)(C)C)c5ccon5)OC4=O)cc3F)cn2)[C@@H]2CN(C(=O)OC(C)(C)C)C[C@@H]21. The third-order valence-electron chi connectivity index (χ3n) is 8.50. The first-order valence-corrected chi connectivity index (χ1v) is 15.6. The molecule has 0 spiro atoms. The Morgan fingerprint density at radius 2 is 1.77 bits per heavy atom. The molecule has 1 aliphatic carbocycles. The molecule has 3 aromatic rings. The van der Waals surface area contributed by atoms with E-state index in [1.165, 1.54) is 34.4 Å². The predicted molar refractivity (Wildman–Crippen MR) is 170 cm³/mol. The quantitative estimate of drug-likeness (QED) is 0.222. The number of carbonyl (C=O) groups excluding carboxylic acids is 3. The molecule has 1 saturated carbocycles. The number of ether oxygens (including phenoxy) is 3. The zero-order valence-electron chi connectivity index (χ0n) is 27.6. The van der Waals surface area contributed by atoms with Gasteiger partial charge in [-0.15, -0.1) is 0 Å². The summed E-state index contributed by atoms with van der Waals surface area (Å²) in [4.78, 5) is 50.9. The van der Waals surface area contributed by atoms with E-state index in [9.17, 15) is 14.4 Å². The molecule has 1 unspecified atom stereocenters. The van der Waals surface area contributed by atoms with Gasteiger partial charge in [0.2, 0.25) is 0 Å². The van der Waals surface area contributed by atoms with E-state index >= 15 is 4.39 Å². The molecule has 3 amide bonds. The number of carbonyl (C=O) groups is 3. The Bertz CT molecular complexity index is 1750. The number of hydrogen-bond donors (Lipinski definition) is 0. The highest BCUT2D eigenvalue weighted by Crippen LogP contribution is 2.64. The monoisotopic (exact) mass is 660 g/mol. The molecule has 2 aromatic heterocycles. The lowest BCUT2D eigenvalue weighted by atomic mass is 10.0. The van der Waals surface area contributed by atoms with Crippen molar-refractivity contribution < 1.29 is 37.5 Å². The largest absolute Gasteiger partial charge is 0.444 e. The average Bonchev–Trinajstić information content (AvgIpc) is 3.52. The molecule has 2 aliphatic heterocycles. The Morgan fingerprint density at radius 3 is 2.33 bits per heavy atom. The molecule has 0 radical (unpaired) electrons. The van der Waals surface area contributed by atoms with Crippen molar-refractivity contribution in [2.24, 2.45) is 11.8 Å². The molecule has 13 nitrogen and oxygen atoms in total. The fourth-order valence-electron chi connectivity index (χ4n) is 6.33. The lowest BCUT2D eigenvalue weighted by Crippen LogP contribution is -2.42. The predicted octanol–water partition coefficient (Wildman–Crippen LogP) is 6.25. The van der Waals surface area contributed by atoms with Crippen LogP contribution in [0.2, 0.25) is 0 Å². The number of rotatable bonds is 6. The van der Waals surface area contributed by atoms with E-state index in [-0.39, 0.29) is 48.1 Å².